The lowest BCUT2D eigenvalue weighted by atomic mass is 10.0. The summed E-state index contributed by atoms with van der Waals surface area (Å²) in [5, 5.41) is 3.11. The molecule has 0 fully saturated rings. The lowest BCUT2D eigenvalue weighted by Crippen LogP contribution is -2.22. The fourth-order valence-corrected chi connectivity index (χ4v) is 3.21. The van der Waals surface area contributed by atoms with Crippen molar-refractivity contribution in [3.8, 4) is 11.3 Å². The van der Waals surface area contributed by atoms with E-state index in [-0.39, 0.29) is 5.60 Å². The number of halogens is 1. The molecule has 0 aliphatic heterocycles. The van der Waals surface area contributed by atoms with Crippen LogP contribution in [0.1, 0.15) is 25.3 Å². The Balaban J connectivity index is 2.40. The SMILES string of the molecule is CCC(C)(OC)c1nc(-c2ccccc2Br)cs1. The van der Waals surface area contributed by atoms with Crippen molar-refractivity contribution in [1.82, 2.24) is 4.98 Å². The van der Waals surface area contributed by atoms with Gasteiger partial charge in [0.25, 0.3) is 0 Å². The van der Waals surface area contributed by atoms with Gasteiger partial charge in [-0.2, -0.15) is 0 Å². The number of ether oxygens (including phenoxy) is 1. The number of nitrogens with zero attached hydrogens (tertiary/aromatic N) is 1. The van der Waals surface area contributed by atoms with Crippen molar-refractivity contribution in [1.29, 1.82) is 0 Å². The van der Waals surface area contributed by atoms with Gasteiger partial charge in [-0.3, -0.25) is 0 Å². The molecule has 18 heavy (non-hydrogen) atoms. The molecule has 0 saturated carbocycles. The average Bonchev–Trinajstić information content (AvgIpc) is 2.88. The summed E-state index contributed by atoms with van der Waals surface area (Å²) in [6.45, 7) is 4.19. The molecule has 2 nitrogen and oxygen atoms in total. The smallest absolute Gasteiger partial charge is 0.125 e. The summed E-state index contributed by atoms with van der Waals surface area (Å²) < 4.78 is 6.66. The van der Waals surface area contributed by atoms with Gasteiger partial charge in [0.2, 0.25) is 0 Å². The normalized spacial score (nSPS) is 14.4. The highest BCUT2D eigenvalue weighted by Crippen LogP contribution is 2.35. The third kappa shape index (κ3) is 2.51. The molecule has 1 heterocycles. The highest BCUT2D eigenvalue weighted by Gasteiger charge is 2.27. The molecule has 0 aliphatic carbocycles. The van der Waals surface area contributed by atoms with E-state index in [2.05, 4.69) is 41.2 Å². The zero-order valence-corrected chi connectivity index (χ0v) is 13.1. The van der Waals surface area contributed by atoms with Crippen molar-refractivity contribution in [3.63, 3.8) is 0 Å². The number of hydrogen-bond acceptors (Lipinski definition) is 3. The molecule has 1 aromatic heterocycles. The van der Waals surface area contributed by atoms with E-state index in [1.807, 2.05) is 18.2 Å². The van der Waals surface area contributed by atoms with E-state index in [4.69, 9.17) is 9.72 Å². The minimum absolute atomic E-state index is 0.288. The Morgan fingerprint density at radius 1 is 1.39 bits per heavy atom. The van der Waals surface area contributed by atoms with E-state index >= 15 is 0 Å². The Labute approximate surface area is 120 Å². The number of benzene rings is 1. The van der Waals surface area contributed by atoms with Crippen LogP contribution in [0.4, 0.5) is 0 Å². The van der Waals surface area contributed by atoms with E-state index < -0.39 is 0 Å². The van der Waals surface area contributed by atoms with Crippen LogP contribution in [0.2, 0.25) is 0 Å². The third-order valence-corrected chi connectivity index (χ3v) is 5.01. The van der Waals surface area contributed by atoms with Gasteiger partial charge in [0.05, 0.1) is 5.69 Å². The molecule has 0 amide bonds. The molecule has 0 saturated heterocycles. The predicted octanol–water partition coefficient (Wildman–Crippen LogP) is 4.84. The molecule has 0 spiro atoms. The van der Waals surface area contributed by atoms with Crippen LogP contribution in [0.3, 0.4) is 0 Å². The van der Waals surface area contributed by atoms with Gasteiger partial charge in [-0.15, -0.1) is 11.3 Å². The molecule has 2 rings (SSSR count). The second kappa shape index (κ2) is 5.51. The van der Waals surface area contributed by atoms with E-state index in [0.717, 1.165) is 27.2 Å². The van der Waals surface area contributed by atoms with Gasteiger partial charge in [0.1, 0.15) is 10.6 Å². The summed E-state index contributed by atoms with van der Waals surface area (Å²) in [7, 11) is 1.74. The van der Waals surface area contributed by atoms with Gasteiger partial charge in [-0.05, 0) is 19.4 Å². The first-order valence-corrected chi connectivity index (χ1v) is 7.54. The first-order chi connectivity index (χ1) is 8.60. The van der Waals surface area contributed by atoms with Crippen LogP contribution in [0.25, 0.3) is 11.3 Å². The van der Waals surface area contributed by atoms with Crippen molar-refractivity contribution >= 4 is 27.3 Å². The van der Waals surface area contributed by atoms with E-state index in [1.165, 1.54) is 0 Å². The maximum absolute atomic E-state index is 5.59. The van der Waals surface area contributed by atoms with Gasteiger partial charge >= 0.3 is 0 Å². The summed E-state index contributed by atoms with van der Waals surface area (Å²) in [5.74, 6) is 0. The number of rotatable bonds is 4. The molecule has 0 radical (unpaired) electrons. The molecule has 1 atom stereocenters. The van der Waals surface area contributed by atoms with Gasteiger partial charge in [-0.1, -0.05) is 41.1 Å². The Kier molecular flexibility index (Phi) is 4.20. The minimum Gasteiger partial charge on any atom is -0.371 e. The fraction of sp³-hybridized carbons (Fsp3) is 0.357. The molecule has 2 aromatic rings. The highest BCUT2D eigenvalue weighted by molar-refractivity contribution is 9.10. The maximum Gasteiger partial charge on any atom is 0.125 e. The Hall–Kier alpha value is -0.710. The predicted molar refractivity (Wildman–Crippen MR) is 79.9 cm³/mol. The molecule has 4 heteroatoms. The zero-order chi connectivity index (χ0) is 13.2. The second-order valence-electron chi connectivity index (χ2n) is 4.31. The lowest BCUT2D eigenvalue weighted by molar-refractivity contribution is -0.00149. The highest BCUT2D eigenvalue weighted by atomic mass is 79.9. The molecule has 0 N–H and O–H groups in total. The molecule has 1 unspecified atom stereocenters. The van der Waals surface area contributed by atoms with Crippen molar-refractivity contribution in [3.05, 3.63) is 39.1 Å². The first kappa shape index (κ1) is 13.7. The van der Waals surface area contributed by atoms with Crippen molar-refractivity contribution in [2.24, 2.45) is 0 Å². The molecule has 0 aliphatic rings. The number of hydrogen-bond donors (Lipinski definition) is 0. The third-order valence-electron chi connectivity index (χ3n) is 3.23. The minimum atomic E-state index is -0.288. The van der Waals surface area contributed by atoms with Gasteiger partial charge in [0.15, 0.2) is 0 Å². The van der Waals surface area contributed by atoms with Crippen LogP contribution in [0.15, 0.2) is 34.1 Å². The molecule has 1 aromatic carbocycles. The summed E-state index contributed by atoms with van der Waals surface area (Å²) in [6.07, 6.45) is 0.909. The molecule has 96 valence electrons. The largest absolute Gasteiger partial charge is 0.371 e. The van der Waals surface area contributed by atoms with Crippen LogP contribution < -0.4 is 0 Å². The molecule has 0 bridgehead atoms. The van der Waals surface area contributed by atoms with Crippen LogP contribution in [0.5, 0.6) is 0 Å². The summed E-state index contributed by atoms with van der Waals surface area (Å²) in [4.78, 5) is 4.72. The second-order valence-corrected chi connectivity index (χ2v) is 6.02. The van der Waals surface area contributed by atoms with Crippen LogP contribution in [-0.4, -0.2) is 12.1 Å². The maximum atomic E-state index is 5.59. The van der Waals surface area contributed by atoms with Gasteiger partial charge in [-0.25, -0.2) is 4.98 Å². The topological polar surface area (TPSA) is 22.1 Å². The average molecular weight is 326 g/mol. The Morgan fingerprint density at radius 3 is 2.72 bits per heavy atom. The van der Waals surface area contributed by atoms with Gasteiger partial charge in [0, 0.05) is 22.5 Å². The summed E-state index contributed by atoms with van der Waals surface area (Å²) in [6, 6.07) is 8.13. The first-order valence-electron chi connectivity index (χ1n) is 5.87. The van der Waals surface area contributed by atoms with E-state index in [9.17, 15) is 0 Å². The van der Waals surface area contributed by atoms with Crippen molar-refractivity contribution < 1.29 is 4.74 Å². The fourth-order valence-electron chi connectivity index (χ4n) is 1.69. The standard InChI is InChI=1S/C14H16BrNOS/c1-4-14(2,17-3)13-16-12(9-18-13)10-7-5-6-8-11(10)15/h5-9H,4H2,1-3H3. The molecular formula is C14H16BrNOS. The van der Waals surface area contributed by atoms with Crippen LogP contribution in [-0.2, 0) is 10.3 Å². The van der Waals surface area contributed by atoms with E-state index in [0.29, 0.717) is 0 Å². The Bertz CT molecular complexity index is 534. The molecular weight excluding hydrogens is 310 g/mol. The quantitative estimate of drug-likeness (QED) is 0.802. The number of thiazole rings is 1. The van der Waals surface area contributed by atoms with Crippen molar-refractivity contribution in [2.45, 2.75) is 25.9 Å². The number of aromatic nitrogens is 1. The van der Waals surface area contributed by atoms with Gasteiger partial charge < -0.3 is 4.74 Å². The summed E-state index contributed by atoms with van der Waals surface area (Å²) >= 11 is 5.21. The summed E-state index contributed by atoms with van der Waals surface area (Å²) in [5.41, 5.74) is 1.83. The van der Waals surface area contributed by atoms with Crippen LogP contribution in [0, 0.1) is 0 Å². The van der Waals surface area contributed by atoms with Crippen molar-refractivity contribution in [2.75, 3.05) is 7.11 Å². The Morgan fingerprint density at radius 2 is 2.11 bits per heavy atom. The van der Waals surface area contributed by atoms with E-state index in [1.54, 1.807) is 18.4 Å². The monoisotopic (exact) mass is 325 g/mol. The lowest BCUT2D eigenvalue weighted by Gasteiger charge is -2.23. The van der Waals surface area contributed by atoms with Crippen LogP contribution >= 0.6 is 27.3 Å². The number of methoxy groups -OCH3 is 1. The zero-order valence-electron chi connectivity index (χ0n) is 10.7.